The van der Waals surface area contributed by atoms with E-state index in [4.69, 9.17) is 10.5 Å². The number of hydrogen-bond acceptors (Lipinski definition) is 4. The molecule has 0 radical (unpaired) electrons. The molecule has 0 spiro atoms. The van der Waals surface area contributed by atoms with Crippen LogP contribution in [0.5, 0.6) is 10.9 Å². The number of aromatic nitrogens is 1. The molecule has 2 N–H and O–H groups in total. The average Bonchev–Trinajstić information content (AvgIpc) is 2.77. The Bertz CT molecular complexity index is 678. The number of nitrogens with zero attached hydrogens (tertiary/aromatic N) is 1. The molecule has 3 aromatic rings. The Labute approximate surface area is 116 Å². The lowest BCUT2D eigenvalue weighted by atomic mass is 10.3. The average molecular weight is 321 g/mol. The minimum Gasteiger partial charge on any atom is -0.430 e. The van der Waals surface area contributed by atoms with Gasteiger partial charge in [0, 0.05) is 5.69 Å². The standard InChI is InChI=1S/C13H9BrN2OS/c14-12-8(15)4-3-6-10(12)17-13-16-9-5-1-2-7-11(9)18-13/h1-7H,15H2. The zero-order valence-corrected chi connectivity index (χ0v) is 11.7. The summed E-state index contributed by atoms with van der Waals surface area (Å²) in [6.45, 7) is 0. The molecule has 0 aliphatic carbocycles. The molecule has 2 aromatic carbocycles. The summed E-state index contributed by atoms with van der Waals surface area (Å²) in [6, 6.07) is 13.5. The Kier molecular flexibility index (Phi) is 2.93. The number of thiazole rings is 1. The maximum absolute atomic E-state index is 5.81. The molecule has 1 aromatic heterocycles. The third kappa shape index (κ3) is 2.07. The molecular weight excluding hydrogens is 312 g/mol. The van der Waals surface area contributed by atoms with Crippen LogP contribution in [0, 0.1) is 0 Å². The highest BCUT2D eigenvalue weighted by atomic mass is 79.9. The predicted molar refractivity (Wildman–Crippen MR) is 78.2 cm³/mol. The maximum atomic E-state index is 5.81. The Hall–Kier alpha value is -1.59. The van der Waals surface area contributed by atoms with Crippen molar-refractivity contribution in [2.24, 2.45) is 0 Å². The van der Waals surface area contributed by atoms with E-state index in [1.807, 2.05) is 42.5 Å². The summed E-state index contributed by atoms with van der Waals surface area (Å²) in [5.74, 6) is 0.675. The largest absolute Gasteiger partial charge is 0.430 e. The molecular formula is C13H9BrN2OS. The van der Waals surface area contributed by atoms with Gasteiger partial charge in [-0.15, -0.1) is 0 Å². The van der Waals surface area contributed by atoms with Crippen LogP contribution in [0.1, 0.15) is 0 Å². The van der Waals surface area contributed by atoms with E-state index in [2.05, 4.69) is 20.9 Å². The SMILES string of the molecule is Nc1cccc(Oc2nc3ccccc3s2)c1Br. The molecule has 3 rings (SSSR count). The van der Waals surface area contributed by atoms with E-state index in [-0.39, 0.29) is 0 Å². The molecule has 0 aliphatic rings. The van der Waals surface area contributed by atoms with Crippen LogP contribution in [0.4, 0.5) is 5.69 Å². The first-order chi connectivity index (χ1) is 8.74. The summed E-state index contributed by atoms with van der Waals surface area (Å²) in [5, 5.41) is 0.613. The van der Waals surface area contributed by atoms with Gasteiger partial charge in [-0.3, -0.25) is 0 Å². The van der Waals surface area contributed by atoms with Crippen LogP contribution in [-0.2, 0) is 0 Å². The number of nitrogens with two attached hydrogens (primary N) is 1. The van der Waals surface area contributed by atoms with Crippen molar-refractivity contribution in [2.75, 3.05) is 5.73 Å². The van der Waals surface area contributed by atoms with Crippen LogP contribution in [0.2, 0.25) is 0 Å². The van der Waals surface area contributed by atoms with Crippen molar-refractivity contribution in [1.82, 2.24) is 4.98 Å². The van der Waals surface area contributed by atoms with E-state index in [0.29, 0.717) is 16.6 Å². The highest BCUT2D eigenvalue weighted by Crippen LogP contribution is 2.36. The van der Waals surface area contributed by atoms with Gasteiger partial charge in [-0.2, -0.15) is 0 Å². The Morgan fingerprint density at radius 2 is 1.94 bits per heavy atom. The molecule has 0 aliphatic heterocycles. The molecule has 0 saturated heterocycles. The zero-order valence-electron chi connectivity index (χ0n) is 9.26. The second-order valence-electron chi connectivity index (χ2n) is 3.71. The van der Waals surface area contributed by atoms with E-state index in [9.17, 15) is 0 Å². The number of ether oxygens (including phenoxy) is 1. The van der Waals surface area contributed by atoms with Crippen molar-refractivity contribution >= 4 is 43.2 Å². The highest BCUT2D eigenvalue weighted by molar-refractivity contribution is 9.10. The van der Waals surface area contributed by atoms with Gasteiger partial charge in [0.2, 0.25) is 0 Å². The predicted octanol–water partition coefficient (Wildman–Crippen LogP) is 4.43. The third-order valence-electron chi connectivity index (χ3n) is 2.46. The van der Waals surface area contributed by atoms with Gasteiger partial charge in [0.1, 0.15) is 5.75 Å². The molecule has 0 atom stereocenters. The van der Waals surface area contributed by atoms with E-state index in [1.54, 1.807) is 0 Å². The summed E-state index contributed by atoms with van der Waals surface area (Å²) in [5.41, 5.74) is 7.39. The van der Waals surface area contributed by atoms with Crippen LogP contribution in [-0.4, -0.2) is 4.98 Å². The van der Waals surface area contributed by atoms with Crippen molar-refractivity contribution in [3.63, 3.8) is 0 Å². The van der Waals surface area contributed by atoms with Crippen molar-refractivity contribution < 1.29 is 4.74 Å². The third-order valence-corrected chi connectivity index (χ3v) is 4.23. The molecule has 18 heavy (non-hydrogen) atoms. The van der Waals surface area contributed by atoms with E-state index >= 15 is 0 Å². The quantitative estimate of drug-likeness (QED) is 0.710. The Morgan fingerprint density at radius 3 is 2.78 bits per heavy atom. The van der Waals surface area contributed by atoms with Gasteiger partial charge < -0.3 is 10.5 Å². The van der Waals surface area contributed by atoms with Crippen LogP contribution < -0.4 is 10.5 Å². The van der Waals surface area contributed by atoms with Gasteiger partial charge in [0.25, 0.3) is 5.19 Å². The minimum absolute atomic E-state index is 0.613. The van der Waals surface area contributed by atoms with E-state index in [1.165, 1.54) is 11.3 Å². The maximum Gasteiger partial charge on any atom is 0.279 e. The van der Waals surface area contributed by atoms with Gasteiger partial charge in [-0.1, -0.05) is 29.5 Å². The van der Waals surface area contributed by atoms with Crippen LogP contribution in [0.3, 0.4) is 0 Å². The lowest BCUT2D eigenvalue weighted by Crippen LogP contribution is -1.90. The van der Waals surface area contributed by atoms with E-state index in [0.717, 1.165) is 14.7 Å². The van der Waals surface area contributed by atoms with Crippen molar-refractivity contribution in [3.8, 4) is 10.9 Å². The molecule has 0 fully saturated rings. The molecule has 90 valence electrons. The fourth-order valence-corrected chi connectivity index (χ4v) is 2.77. The molecule has 1 heterocycles. The molecule has 0 unspecified atom stereocenters. The minimum atomic E-state index is 0.613. The molecule has 0 saturated carbocycles. The monoisotopic (exact) mass is 320 g/mol. The zero-order chi connectivity index (χ0) is 12.5. The normalized spacial score (nSPS) is 10.7. The van der Waals surface area contributed by atoms with Crippen molar-refractivity contribution in [2.45, 2.75) is 0 Å². The number of benzene rings is 2. The second-order valence-corrected chi connectivity index (χ2v) is 5.50. The van der Waals surface area contributed by atoms with Crippen LogP contribution >= 0.6 is 27.3 Å². The number of nitrogen functional groups attached to an aromatic ring is 1. The van der Waals surface area contributed by atoms with Gasteiger partial charge in [0.15, 0.2) is 0 Å². The van der Waals surface area contributed by atoms with Gasteiger partial charge in [-0.25, -0.2) is 4.98 Å². The van der Waals surface area contributed by atoms with Crippen molar-refractivity contribution in [3.05, 3.63) is 46.9 Å². The van der Waals surface area contributed by atoms with Gasteiger partial charge in [-0.05, 0) is 40.2 Å². The molecule has 5 heteroatoms. The summed E-state index contributed by atoms with van der Waals surface area (Å²) in [6.07, 6.45) is 0. The number of anilines is 1. The fraction of sp³-hybridized carbons (Fsp3) is 0. The second kappa shape index (κ2) is 4.59. The number of para-hydroxylation sites is 1. The molecule has 0 amide bonds. The summed E-state index contributed by atoms with van der Waals surface area (Å²) < 4.78 is 7.61. The number of halogens is 1. The number of fused-ring (bicyclic) bond motifs is 1. The first-order valence-corrected chi connectivity index (χ1v) is 6.92. The van der Waals surface area contributed by atoms with Crippen LogP contribution in [0.25, 0.3) is 10.2 Å². The first kappa shape index (κ1) is 11.5. The number of hydrogen-bond donors (Lipinski definition) is 1. The van der Waals surface area contributed by atoms with Gasteiger partial charge >= 0.3 is 0 Å². The fourth-order valence-electron chi connectivity index (χ4n) is 1.60. The summed E-state index contributed by atoms with van der Waals surface area (Å²) >= 11 is 4.92. The highest BCUT2D eigenvalue weighted by Gasteiger charge is 2.09. The van der Waals surface area contributed by atoms with Crippen LogP contribution in [0.15, 0.2) is 46.9 Å². The van der Waals surface area contributed by atoms with Crippen molar-refractivity contribution in [1.29, 1.82) is 0 Å². The smallest absolute Gasteiger partial charge is 0.279 e. The summed E-state index contributed by atoms with van der Waals surface area (Å²) in [4.78, 5) is 4.41. The summed E-state index contributed by atoms with van der Waals surface area (Å²) in [7, 11) is 0. The topological polar surface area (TPSA) is 48.1 Å². The first-order valence-electron chi connectivity index (χ1n) is 5.31. The molecule has 3 nitrogen and oxygen atoms in total. The van der Waals surface area contributed by atoms with Gasteiger partial charge in [0.05, 0.1) is 14.7 Å². The number of rotatable bonds is 2. The molecule has 0 bridgehead atoms. The Morgan fingerprint density at radius 1 is 1.11 bits per heavy atom. The lowest BCUT2D eigenvalue weighted by Gasteiger charge is -2.05. The van der Waals surface area contributed by atoms with E-state index < -0.39 is 0 Å². The lowest BCUT2D eigenvalue weighted by molar-refractivity contribution is 0.477. The Balaban J connectivity index is 1.99.